The number of benzene rings is 1. The molecule has 0 aromatic heterocycles. The number of hydrogen-bond acceptors (Lipinski definition) is 7. The molecule has 0 radical (unpaired) electrons. The zero-order valence-electron chi connectivity index (χ0n) is 20.9. The summed E-state index contributed by atoms with van der Waals surface area (Å²) >= 11 is 0. The predicted molar refractivity (Wildman–Crippen MR) is 129 cm³/mol. The number of nitrogens with one attached hydrogen (secondary N) is 1. The Kier molecular flexibility index (Phi) is 6.44. The highest BCUT2D eigenvalue weighted by molar-refractivity contribution is 5.94. The zero-order chi connectivity index (χ0) is 24.7. The second-order valence-corrected chi connectivity index (χ2v) is 10.3. The highest BCUT2D eigenvalue weighted by Crippen LogP contribution is 2.44. The molecule has 2 saturated heterocycles. The van der Waals surface area contributed by atoms with Crippen LogP contribution in [0.4, 0.5) is 0 Å². The number of cyclic esters (lactones) is 2. The molecule has 0 bridgehead atoms. The van der Waals surface area contributed by atoms with Crippen molar-refractivity contribution in [3.63, 3.8) is 0 Å². The van der Waals surface area contributed by atoms with Crippen LogP contribution in [0.25, 0.3) is 0 Å². The van der Waals surface area contributed by atoms with Crippen molar-refractivity contribution in [1.82, 2.24) is 15.1 Å². The van der Waals surface area contributed by atoms with Gasteiger partial charge in [0, 0.05) is 24.7 Å². The monoisotopic (exact) mass is 481 g/mol. The number of esters is 2. The van der Waals surface area contributed by atoms with Gasteiger partial charge in [-0.05, 0) is 76.4 Å². The number of likely N-dealkylation sites (tertiary alicyclic amines) is 2. The van der Waals surface area contributed by atoms with Gasteiger partial charge in [-0.15, -0.1) is 0 Å². The van der Waals surface area contributed by atoms with E-state index in [-0.39, 0.29) is 35.9 Å². The molecule has 1 aromatic rings. The largest absolute Gasteiger partial charge is 0.457 e. The molecule has 188 valence electrons. The minimum atomic E-state index is -0.330. The Morgan fingerprint density at radius 1 is 1.00 bits per heavy atom. The van der Waals surface area contributed by atoms with Crippen molar-refractivity contribution in [3.05, 3.63) is 45.7 Å². The smallest absolute Gasteiger partial charge is 0.338 e. The molecule has 2 fully saturated rings. The number of hydrogen-bond donors (Lipinski definition) is 1. The van der Waals surface area contributed by atoms with Gasteiger partial charge in [0.2, 0.25) is 5.91 Å². The van der Waals surface area contributed by atoms with Crippen molar-refractivity contribution in [3.8, 4) is 0 Å². The van der Waals surface area contributed by atoms with E-state index in [0.29, 0.717) is 24.3 Å². The molecular formula is C27H35N3O5. The Morgan fingerprint density at radius 2 is 1.71 bits per heavy atom. The van der Waals surface area contributed by atoms with Gasteiger partial charge in [0.15, 0.2) is 0 Å². The number of amides is 1. The van der Waals surface area contributed by atoms with E-state index in [0.717, 1.165) is 68.7 Å². The van der Waals surface area contributed by atoms with Gasteiger partial charge in [0.25, 0.3) is 0 Å². The predicted octanol–water partition coefficient (Wildman–Crippen LogP) is 2.85. The molecule has 1 aromatic carbocycles. The van der Waals surface area contributed by atoms with Gasteiger partial charge in [0.1, 0.15) is 13.2 Å². The number of ether oxygens (including phenoxy) is 2. The molecule has 1 atom stereocenters. The summed E-state index contributed by atoms with van der Waals surface area (Å²) in [7, 11) is 0. The van der Waals surface area contributed by atoms with E-state index in [4.69, 9.17) is 9.47 Å². The number of carbonyl (C=O) groups excluding carboxylic acids is 3. The van der Waals surface area contributed by atoms with E-state index in [9.17, 15) is 14.4 Å². The van der Waals surface area contributed by atoms with Crippen molar-refractivity contribution in [1.29, 1.82) is 0 Å². The van der Waals surface area contributed by atoms with Crippen LogP contribution in [0.5, 0.6) is 0 Å². The van der Waals surface area contributed by atoms with Crippen LogP contribution in [-0.2, 0) is 25.7 Å². The first kappa shape index (κ1) is 24.0. The first-order valence-electron chi connectivity index (χ1n) is 12.8. The van der Waals surface area contributed by atoms with Crippen LogP contribution < -0.4 is 5.32 Å². The van der Waals surface area contributed by atoms with Gasteiger partial charge in [0.05, 0.1) is 22.2 Å². The highest BCUT2D eigenvalue weighted by atomic mass is 16.5. The van der Waals surface area contributed by atoms with Crippen LogP contribution in [0.1, 0.15) is 72.6 Å². The van der Waals surface area contributed by atoms with E-state index in [1.54, 1.807) is 11.8 Å². The zero-order valence-corrected chi connectivity index (χ0v) is 20.9. The van der Waals surface area contributed by atoms with Crippen molar-refractivity contribution >= 4 is 17.8 Å². The molecule has 8 nitrogen and oxygen atoms in total. The SMILES string of the molecule is CCCNC(CN1CCC2(CC1)CCN(C1=C(C)C(=O)OC1)C2=O)c1ccc2c(c1C)COC2=O. The summed E-state index contributed by atoms with van der Waals surface area (Å²) in [6.07, 6.45) is 3.53. The summed E-state index contributed by atoms with van der Waals surface area (Å²) in [6, 6.07) is 4.12. The van der Waals surface area contributed by atoms with E-state index >= 15 is 0 Å². The van der Waals surface area contributed by atoms with Crippen molar-refractivity contribution in [2.75, 3.05) is 39.3 Å². The van der Waals surface area contributed by atoms with E-state index < -0.39 is 0 Å². The fourth-order valence-corrected chi connectivity index (χ4v) is 6.05. The molecule has 1 N–H and O–H groups in total. The van der Waals surface area contributed by atoms with Gasteiger partial charge in [-0.25, -0.2) is 9.59 Å². The first-order chi connectivity index (χ1) is 16.8. The number of rotatable bonds is 7. The van der Waals surface area contributed by atoms with E-state index in [1.165, 1.54) is 5.56 Å². The quantitative estimate of drug-likeness (QED) is 0.599. The molecule has 4 heterocycles. The van der Waals surface area contributed by atoms with Crippen LogP contribution in [0, 0.1) is 12.3 Å². The van der Waals surface area contributed by atoms with Crippen LogP contribution in [0.15, 0.2) is 23.4 Å². The maximum absolute atomic E-state index is 13.4. The Bertz CT molecular complexity index is 1090. The Morgan fingerprint density at radius 3 is 2.40 bits per heavy atom. The third kappa shape index (κ3) is 4.16. The molecular weight excluding hydrogens is 446 g/mol. The Balaban J connectivity index is 1.27. The van der Waals surface area contributed by atoms with Gasteiger partial charge in [-0.3, -0.25) is 4.79 Å². The number of fused-ring (bicyclic) bond motifs is 1. The van der Waals surface area contributed by atoms with Gasteiger partial charge in [-0.1, -0.05) is 13.0 Å². The maximum atomic E-state index is 13.4. The number of piperidine rings is 1. The maximum Gasteiger partial charge on any atom is 0.338 e. The summed E-state index contributed by atoms with van der Waals surface area (Å²) < 4.78 is 10.4. The number of nitrogens with zero attached hydrogens (tertiary/aromatic N) is 2. The third-order valence-electron chi connectivity index (χ3n) is 8.40. The molecule has 4 aliphatic heterocycles. The summed E-state index contributed by atoms with van der Waals surface area (Å²) in [4.78, 5) is 41.5. The average Bonchev–Trinajstić information content (AvgIpc) is 3.50. The Labute approximate surface area is 206 Å². The molecule has 1 amide bonds. The molecule has 1 unspecified atom stereocenters. The van der Waals surface area contributed by atoms with E-state index in [1.807, 2.05) is 6.07 Å². The standard InChI is InChI=1S/C27H35N3O5/c1-4-10-28-22(19-5-6-20-21(17(19)2)15-34-25(20)32)14-29-11-7-27(8-12-29)9-13-30(26(27)33)23-16-35-24(31)18(23)3/h5-6,22,28H,4,7-16H2,1-3H3. The lowest BCUT2D eigenvalue weighted by atomic mass is 9.77. The highest BCUT2D eigenvalue weighted by Gasteiger charge is 2.50. The molecule has 4 aliphatic rings. The van der Waals surface area contributed by atoms with Gasteiger partial charge in [-0.2, -0.15) is 0 Å². The summed E-state index contributed by atoms with van der Waals surface area (Å²) in [5.41, 5.74) is 5.02. The first-order valence-corrected chi connectivity index (χ1v) is 12.8. The number of carbonyl (C=O) groups is 3. The van der Waals surface area contributed by atoms with Crippen LogP contribution in [-0.4, -0.2) is 67.0 Å². The fraction of sp³-hybridized carbons (Fsp3) is 0.593. The molecule has 35 heavy (non-hydrogen) atoms. The third-order valence-corrected chi connectivity index (χ3v) is 8.40. The summed E-state index contributed by atoms with van der Waals surface area (Å²) in [5, 5.41) is 3.70. The average molecular weight is 482 g/mol. The van der Waals surface area contributed by atoms with Crippen LogP contribution in [0.2, 0.25) is 0 Å². The molecule has 0 saturated carbocycles. The lowest BCUT2D eigenvalue weighted by molar-refractivity contribution is -0.138. The second-order valence-electron chi connectivity index (χ2n) is 10.3. The van der Waals surface area contributed by atoms with Gasteiger partial charge >= 0.3 is 11.9 Å². The molecule has 5 rings (SSSR count). The summed E-state index contributed by atoms with van der Waals surface area (Å²) in [5.74, 6) is -0.389. The lowest BCUT2D eigenvalue weighted by Gasteiger charge is -2.39. The van der Waals surface area contributed by atoms with Crippen LogP contribution >= 0.6 is 0 Å². The molecule has 0 aliphatic carbocycles. The lowest BCUT2D eigenvalue weighted by Crippen LogP contribution is -2.47. The Hall–Kier alpha value is -2.71. The van der Waals surface area contributed by atoms with Crippen molar-refractivity contribution in [2.45, 2.75) is 59.1 Å². The van der Waals surface area contributed by atoms with E-state index in [2.05, 4.69) is 30.1 Å². The molecule has 8 heteroatoms. The van der Waals surface area contributed by atoms with Crippen molar-refractivity contribution < 1.29 is 23.9 Å². The fourth-order valence-electron chi connectivity index (χ4n) is 6.05. The molecule has 1 spiro atoms. The minimum Gasteiger partial charge on any atom is -0.457 e. The van der Waals surface area contributed by atoms with Gasteiger partial charge < -0.3 is 24.6 Å². The van der Waals surface area contributed by atoms with Crippen LogP contribution in [0.3, 0.4) is 0 Å². The normalized spacial score (nSPS) is 22.7. The second kappa shape index (κ2) is 9.39. The minimum absolute atomic E-state index is 0.148. The topological polar surface area (TPSA) is 88.2 Å². The summed E-state index contributed by atoms with van der Waals surface area (Å²) in [6.45, 7) is 10.7. The van der Waals surface area contributed by atoms with Crippen molar-refractivity contribution in [2.24, 2.45) is 5.41 Å².